The van der Waals surface area contributed by atoms with Gasteiger partial charge < -0.3 is 19.9 Å². The third kappa shape index (κ3) is 5.26. The zero-order chi connectivity index (χ0) is 26.0. The van der Waals surface area contributed by atoms with E-state index in [1.54, 1.807) is 31.6 Å². The third-order valence-corrected chi connectivity index (χ3v) is 6.78. The van der Waals surface area contributed by atoms with Crippen LogP contribution >= 0.6 is 0 Å². The molecule has 1 amide bonds. The quantitative estimate of drug-likeness (QED) is 0.428. The number of halogens is 3. The first-order valence-corrected chi connectivity index (χ1v) is 12.2. The van der Waals surface area contributed by atoms with Crippen LogP contribution in [-0.2, 0) is 15.7 Å². The number of ether oxygens (including phenoxy) is 1. The molecule has 2 N–H and O–H groups in total. The molecule has 5 rings (SSSR count). The van der Waals surface area contributed by atoms with Crippen molar-refractivity contribution >= 4 is 34.6 Å². The molecule has 0 spiro atoms. The van der Waals surface area contributed by atoms with Crippen LogP contribution in [-0.4, -0.2) is 60.2 Å². The van der Waals surface area contributed by atoms with Gasteiger partial charge in [-0.2, -0.15) is 13.2 Å². The zero-order valence-corrected chi connectivity index (χ0v) is 20.4. The summed E-state index contributed by atoms with van der Waals surface area (Å²) in [6.45, 7) is 3.52. The van der Waals surface area contributed by atoms with Crippen molar-refractivity contribution < 1.29 is 22.7 Å². The zero-order valence-electron chi connectivity index (χ0n) is 20.4. The highest BCUT2D eigenvalue weighted by atomic mass is 19.4. The number of amides is 1. The maximum atomic E-state index is 13.8. The van der Waals surface area contributed by atoms with Crippen LogP contribution in [0.3, 0.4) is 0 Å². The van der Waals surface area contributed by atoms with Gasteiger partial charge in [0.1, 0.15) is 5.82 Å². The first kappa shape index (κ1) is 25.0. The Balaban J connectivity index is 1.47. The molecule has 10 heteroatoms. The fraction of sp³-hybridized carbons (Fsp3) is 0.333. The Morgan fingerprint density at radius 2 is 1.95 bits per heavy atom. The predicted molar refractivity (Wildman–Crippen MR) is 136 cm³/mol. The summed E-state index contributed by atoms with van der Waals surface area (Å²) in [6, 6.07) is 10.8. The van der Waals surface area contributed by atoms with Crippen LogP contribution in [0.25, 0.3) is 11.6 Å². The number of carbonyl (C=O) groups is 1. The third-order valence-electron chi connectivity index (χ3n) is 6.78. The molecule has 0 saturated carbocycles. The molecule has 2 aliphatic heterocycles. The standard InChI is InChI=1S/C27H28F3N5O2/c1-37-15-14-34-12-8-18(9-13-34)33-19-6-7-23-20(16-19)21(17-25-31-10-11-32-25)26(36)35(23)24-5-3-2-4-22(24)27(28,29)30/h2-7,10-11,16-18,33H,8-9,12-15H2,1H3,(H,31,32). The molecule has 37 heavy (non-hydrogen) atoms. The van der Waals surface area contributed by atoms with E-state index in [9.17, 15) is 18.0 Å². The number of hydrogen-bond acceptors (Lipinski definition) is 5. The van der Waals surface area contributed by atoms with Crippen LogP contribution in [0.15, 0.2) is 54.9 Å². The second kappa shape index (κ2) is 10.4. The van der Waals surface area contributed by atoms with Crippen molar-refractivity contribution in [2.45, 2.75) is 25.1 Å². The number of likely N-dealkylation sites (tertiary alicyclic amines) is 1. The summed E-state index contributed by atoms with van der Waals surface area (Å²) in [4.78, 5) is 24.2. The Kier molecular flexibility index (Phi) is 7.03. The lowest BCUT2D eigenvalue weighted by Crippen LogP contribution is -2.40. The Morgan fingerprint density at radius 3 is 2.65 bits per heavy atom. The van der Waals surface area contributed by atoms with Crippen molar-refractivity contribution in [1.29, 1.82) is 0 Å². The number of nitrogens with one attached hydrogen (secondary N) is 2. The smallest absolute Gasteiger partial charge is 0.383 e. The monoisotopic (exact) mass is 511 g/mol. The summed E-state index contributed by atoms with van der Waals surface area (Å²) in [5.74, 6) is -0.0891. The molecule has 3 heterocycles. The lowest BCUT2D eigenvalue weighted by atomic mass is 10.0. The first-order chi connectivity index (χ1) is 17.8. The van der Waals surface area contributed by atoms with Gasteiger partial charge in [-0.3, -0.25) is 9.69 Å². The molecule has 0 bridgehead atoms. The molecule has 0 unspecified atom stereocenters. The SMILES string of the molecule is COCCN1CCC(Nc2ccc3c(c2)C(=Cc2ncc[nH]2)C(=O)N3c2ccccc2C(F)(F)F)CC1. The van der Waals surface area contributed by atoms with E-state index in [1.807, 2.05) is 12.1 Å². The number of aromatic amines is 1. The van der Waals surface area contributed by atoms with Crippen molar-refractivity contribution in [3.05, 3.63) is 71.8 Å². The number of methoxy groups -OCH3 is 1. The van der Waals surface area contributed by atoms with Crippen molar-refractivity contribution in [3.63, 3.8) is 0 Å². The van der Waals surface area contributed by atoms with Gasteiger partial charge in [-0.15, -0.1) is 0 Å². The van der Waals surface area contributed by atoms with Gasteiger partial charge in [0, 0.05) is 56.4 Å². The Hall–Kier alpha value is -3.63. The average Bonchev–Trinajstić information content (AvgIpc) is 3.49. The number of imidazole rings is 1. The van der Waals surface area contributed by atoms with Gasteiger partial charge in [-0.1, -0.05) is 12.1 Å². The maximum absolute atomic E-state index is 13.8. The number of fused-ring (bicyclic) bond motifs is 1. The second-order valence-electron chi connectivity index (χ2n) is 9.17. The fourth-order valence-corrected chi connectivity index (χ4v) is 4.92. The summed E-state index contributed by atoms with van der Waals surface area (Å²) >= 11 is 0. The Bertz CT molecular complexity index is 1280. The highest BCUT2D eigenvalue weighted by Crippen LogP contribution is 2.47. The van der Waals surface area contributed by atoms with E-state index in [4.69, 9.17) is 4.74 Å². The van der Waals surface area contributed by atoms with Gasteiger partial charge >= 0.3 is 6.18 Å². The lowest BCUT2D eigenvalue weighted by Gasteiger charge is -2.32. The highest BCUT2D eigenvalue weighted by molar-refractivity contribution is 6.38. The Morgan fingerprint density at radius 1 is 1.16 bits per heavy atom. The molecule has 3 aromatic rings. The molecule has 0 aliphatic carbocycles. The van der Waals surface area contributed by atoms with Gasteiger partial charge in [0.15, 0.2) is 0 Å². The summed E-state index contributed by atoms with van der Waals surface area (Å²) in [7, 11) is 1.70. The number of piperidine rings is 1. The highest BCUT2D eigenvalue weighted by Gasteiger charge is 2.40. The number of rotatable bonds is 7. The minimum Gasteiger partial charge on any atom is -0.383 e. The van der Waals surface area contributed by atoms with Gasteiger partial charge in [-0.25, -0.2) is 4.98 Å². The molecule has 1 aromatic heterocycles. The normalized spacial score (nSPS) is 18.0. The lowest BCUT2D eigenvalue weighted by molar-refractivity contribution is -0.137. The molecule has 7 nitrogen and oxygen atoms in total. The van der Waals surface area contributed by atoms with E-state index in [2.05, 4.69) is 20.2 Å². The van der Waals surface area contributed by atoms with Crippen LogP contribution in [0, 0.1) is 0 Å². The van der Waals surface area contributed by atoms with E-state index in [1.165, 1.54) is 18.2 Å². The predicted octanol–water partition coefficient (Wildman–Crippen LogP) is 5.17. The number of para-hydroxylation sites is 1. The molecule has 0 atom stereocenters. The molecular formula is C27H28F3N5O2. The van der Waals surface area contributed by atoms with Crippen LogP contribution < -0.4 is 10.2 Å². The summed E-state index contributed by atoms with van der Waals surface area (Å²) in [5.41, 5.74) is 0.989. The Labute approximate surface area is 212 Å². The van der Waals surface area contributed by atoms with E-state index < -0.39 is 17.6 Å². The van der Waals surface area contributed by atoms with E-state index in [-0.39, 0.29) is 17.3 Å². The maximum Gasteiger partial charge on any atom is 0.418 e. The number of benzene rings is 2. The molecule has 1 fully saturated rings. The van der Waals surface area contributed by atoms with Gasteiger partial charge in [-0.05, 0) is 49.2 Å². The first-order valence-electron chi connectivity index (χ1n) is 12.2. The number of aromatic nitrogens is 2. The second-order valence-corrected chi connectivity index (χ2v) is 9.17. The van der Waals surface area contributed by atoms with E-state index >= 15 is 0 Å². The van der Waals surface area contributed by atoms with E-state index in [0.29, 0.717) is 23.7 Å². The number of H-pyrrole nitrogens is 1. The molecule has 1 saturated heterocycles. The fourth-order valence-electron chi connectivity index (χ4n) is 4.92. The number of nitrogens with zero attached hydrogens (tertiary/aromatic N) is 3. The van der Waals surface area contributed by atoms with Crippen LogP contribution in [0.5, 0.6) is 0 Å². The van der Waals surface area contributed by atoms with Gasteiger partial charge in [0.2, 0.25) is 0 Å². The minimum absolute atomic E-state index is 0.201. The number of alkyl halides is 3. The summed E-state index contributed by atoms with van der Waals surface area (Å²) in [6.07, 6.45) is 2.07. The number of hydrogen-bond donors (Lipinski definition) is 2. The number of carbonyl (C=O) groups excluding carboxylic acids is 1. The molecule has 0 radical (unpaired) electrons. The molecule has 194 valence electrons. The van der Waals surface area contributed by atoms with E-state index in [0.717, 1.165) is 49.1 Å². The van der Waals surface area contributed by atoms with Gasteiger partial charge in [0.25, 0.3) is 5.91 Å². The van der Waals surface area contributed by atoms with Crippen LogP contribution in [0.2, 0.25) is 0 Å². The van der Waals surface area contributed by atoms with Crippen molar-refractivity contribution in [2.24, 2.45) is 0 Å². The summed E-state index contributed by atoms with van der Waals surface area (Å²) in [5, 5.41) is 3.55. The minimum atomic E-state index is -4.61. The van der Waals surface area contributed by atoms with Crippen molar-refractivity contribution in [1.82, 2.24) is 14.9 Å². The van der Waals surface area contributed by atoms with Crippen LogP contribution in [0.1, 0.15) is 29.8 Å². The van der Waals surface area contributed by atoms with Crippen LogP contribution in [0.4, 0.5) is 30.2 Å². The molecule has 2 aromatic carbocycles. The molecular weight excluding hydrogens is 483 g/mol. The average molecular weight is 512 g/mol. The summed E-state index contributed by atoms with van der Waals surface area (Å²) < 4.78 is 46.7. The van der Waals surface area contributed by atoms with Gasteiger partial charge in [0.05, 0.1) is 29.1 Å². The molecule has 2 aliphatic rings. The van der Waals surface area contributed by atoms with Crippen molar-refractivity contribution in [2.75, 3.05) is 43.6 Å². The number of anilines is 3. The topological polar surface area (TPSA) is 73.5 Å². The van der Waals surface area contributed by atoms with Crippen molar-refractivity contribution in [3.8, 4) is 0 Å². The largest absolute Gasteiger partial charge is 0.418 e.